The van der Waals surface area contributed by atoms with Gasteiger partial charge in [-0.05, 0) is 31.6 Å². The van der Waals surface area contributed by atoms with Gasteiger partial charge in [-0.1, -0.05) is 40.5 Å². The molecule has 0 aromatic rings. The summed E-state index contributed by atoms with van der Waals surface area (Å²) in [6.45, 7) is 10.7. The van der Waals surface area contributed by atoms with Crippen LogP contribution in [0.25, 0.3) is 0 Å². The summed E-state index contributed by atoms with van der Waals surface area (Å²) in [5.41, 5.74) is -0.0437. The van der Waals surface area contributed by atoms with Crippen molar-refractivity contribution in [1.29, 1.82) is 0 Å². The van der Waals surface area contributed by atoms with Crippen LogP contribution in [0.5, 0.6) is 0 Å². The van der Waals surface area contributed by atoms with E-state index >= 15 is 0 Å². The fourth-order valence-electron chi connectivity index (χ4n) is 1.58. The van der Waals surface area contributed by atoms with Crippen molar-refractivity contribution in [2.75, 3.05) is 6.61 Å². The molecule has 0 heterocycles. The van der Waals surface area contributed by atoms with Gasteiger partial charge in [0.15, 0.2) is 0 Å². The zero-order chi connectivity index (χ0) is 16.3. The lowest BCUT2D eigenvalue weighted by Gasteiger charge is -2.26. The number of unbranched alkanes of at least 4 members (excludes halogenated alkanes) is 3. The van der Waals surface area contributed by atoms with Crippen LogP contribution in [0.15, 0.2) is 0 Å². The SMILES string of the molecule is CCCCCOC(=O)CCCCC(=O)OC(C)C(C)(C)C. The van der Waals surface area contributed by atoms with Gasteiger partial charge in [-0.15, -0.1) is 0 Å². The predicted molar refractivity (Wildman–Crippen MR) is 84.0 cm³/mol. The maximum Gasteiger partial charge on any atom is 0.306 e. The molecule has 4 nitrogen and oxygen atoms in total. The average molecular weight is 300 g/mol. The average Bonchev–Trinajstić information content (AvgIpc) is 2.38. The van der Waals surface area contributed by atoms with Crippen molar-refractivity contribution in [1.82, 2.24) is 0 Å². The number of rotatable bonds is 10. The molecule has 0 saturated heterocycles. The topological polar surface area (TPSA) is 52.6 Å². The van der Waals surface area contributed by atoms with E-state index in [-0.39, 0.29) is 23.5 Å². The Labute approximate surface area is 129 Å². The van der Waals surface area contributed by atoms with Gasteiger partial charge >= 0.3 is 11.9 Å². The van der Waals surface area contributed by atoms with E-state index in [9.17, 15) is 9.59 Å². The highest BCUT2D eigenvalue weighted by Crippen LogP contribution is 2.22. The minimum atomic E-state index is -0.186. The molecule has 0 aliphatic heterocycles. The molecule has 0 N–H and O–H groups in total. The molecule has 0 aromatic carbocycles. The van der Waals surface area contributed by atoms with Crippen LogP contribution in [-0.2, 0) is 19.1 Å². The van der Waals surface area contributed by atoms with Crippen molar-refractivity contribution >= 4 is 11.9 Å². The molecule has 4 heteroatoms. The summed E-state index contributed by atoms with van der Waals surface area (Å²) in [4.78, 5) is 23.1. The molecule has 0 aromatic heterocycles. The normalized spacial score (nSPS) is 12.8. The molecule has 0 bridgehead atoms. The Kier molecular flexibility index (Phi) is 10.1. The molecule has 0 aliphatic rings. The molecule has 0 radical (unpaired) electrons. The van der Waals surface area contributed by atoms with E-state index in [1.807, 2.05) is 27.7 Å². The van der Waals surface area contributed by atoms with Crippen LogP contribution >= 0.6 is 0 Å². The minimum Gasteiger partial charge on any atom is -0.466 e. The summed E-state index contributed by atoms with van der Waals surface area (Å²) >= 11 is 0. The van der Waals surface area contributed by atoms with Gasteiger partial charge in [0.05, 0.1) is 6.61 Å². The molecule has 0 fully saturated rings. The smallest absolute Gasteiger partial charge is 0.306 e. The van der Waals surface area contributed by atoms with Crippen molar-refractivity contribution in [3.8, 4) is 0 Å². The van der Waals surface area contributed by atoms with Crippen LogP contribution in [0.3, 0.4) is 0 Å². The van der Waals surface area contributed by atoms with Crippen LogP contribution in [0.1, 0.15) is 79.6 Å². The van der Waals surface area contributed by atoms with E-state index in [1.165, 1.54) is 0 Å². The van der Waals surface area contributed by atoms with E-state index in [4.69, 9.17) is 9.47 Å². The molecular weight excluding hydrogens is 268 g/mol. The van der Waals surface area contributed by atoms with E-state index < -0.39 is 0 Å². The van der Waals surface area contributed by atoms with Crippen molar-refractivity contribution in [3.05, 3.63) is 0 Å². The molecule has 0 saturated carbocycles. The van der Waals surface area contributed by atoms with Gasteiger partial charge < -0.3 is 9.47 Å². The lowest BCUT2D eigenvalue weighted by molar-refractivity contribution is -0.153. The van der Waals surface area contributed by atoms with E-state index in [0.717, 1.165) is 19.3 Å². The first kappa shape index (κ1) is 19.9. The molecule has 0 aliphatic carbocycles. The molecule has 0 rings (SSSR count). The molecule has 1 unspecified atom stereocenters. The monoisotopic (exact) mass is 300 g/mol. The molecule has 0 spiro atoms. The van der Waals surface area contributed by atoms with Gasteiger partial charge in [-0.25, -0.2) is 0 Å². The fraction of sp³-hybridized carbons (Fsp3) is 0.882. The first-order valence-corrected chi connectivity index (χ1v) is 8.12. The zero-order valence-electron chi connectivity index (χ0n) is 14.4. The number of esters is 2. The molecule has 124 valence electrons. The van der Waals surface area contributed by atoms with Crippen LogP contribution in [0.4, 0.5) is 0 Å². The third-order valence-corrected chi connectivity index (χ3v) is 3.55. The van der Waals surface area contributed by atoms with Crippen LogP contribution in [0.2, 0.25) is 0 Å². The Bertz CT molecular complexity index is 304. The standard InChI is InChI=1S/C17H32O4/c1-6-7-10-13-20-15(18)11-8-9-12-16(19)21-14(2)17(3,4)5/h14H,6-13H2,1-5H3. The Balaban J connectivity index is 3.62. The quantitative estimate of drug-likeness (QED) is 0.447. The first-order valence-electron chi connectivity index (χ1n) is 8.12. The highest BCUT2D eigenvalue weighted by Gasteiger charge is 2.23. The highest BCUT2D eigenvalue weighted by atomic mass is 16.5. The second-order valence-electron chi connectivity index (χ2n) is 6.63. The maximum absolute atomic E-state index is 11.7. The Morgan fingerprint density at radius 1 is 0.952 bits per heavy atom. The van der Waals surface area contributed by atoms with Crippen molar-refractivity contribution in [2.45, 2.75) is 85.7 Å². The summed E-state index contributed by atoms with van der Waals surface area (Å²) < 4.78 is 10.5. The number of carbonyl (C=O) groups is 2. The van der Waals surface area contributed by atoms with Gasteiger partial charge in [-0.2, -0.15) is 0 Å². The van der Waals surface area contributed by atoms with E-state index in [1.54, 1.807) is 0 Å². The predicted octanol–water partition coefficient (Wildman–Crippen LogP) is 4.26. The zero-order valence-corrected chi connectivity index (χ0v) is 14.4. The van der Waals surface area contributed by atoms with Gasteiger partial charge in [0, 0.05) is 12.8 Å². The van der Waals surface area contributed by atoms with E-state index in [2.05, 4.69) is 6.92 Å². The Morgan fingerprint density at radius 2 is 1.52 bits per heavy atom. The molecular formula is C17H32O4. The third kappa shape index (κ3) is 11.3. The van der Waals surface area contributed by atoms with Crippen LogP contribution < -0.4 is 0 Å². The van der Waals surface area contributed by atoms with Crippen LogP contribution in [0, 0.1) is 5.41 Å². The second kappa shape index (κ2) is 10.6. The summed E-state index contributed by atoms with van der Waals surface area (Å²) in [5, 5.41) is 0. The largest absolute Gasteiger partial charge is 0.466 e. The van der Waals surface area contributed by atoms with Crippen molar-refractivity contribution < 1.29 is 19.1 Å². The summed E-state index contributed by atoms with van der Waals surface area (Å²) in [6, 6.07) is 0. The van der Waals surface area contributed by atoms with Gasteiger partial charge in [0.2, 0.25) is 0 Å². The summed E-state index contributed by atoms with van der Waals surface area (Å²) in [7, 11) is 0. The second-order valence-corrected chi connectivity index (χ2v) is 6.63. The molecule has 21 heavy (non-hydrogen) atoms. The highest BCUT2D eigenvalue weighted by molar-refractivity contribution is 5.70. The van der Waals surface area contributed by atoms with Gasteiger partial charge in [0.25, 0.3) is 0 Å². The Morgan fingerprint density at radius 3 is 2.05 bits per heavy atom. The van der Waals surface area contributed by atoms with E-state index in [0.29, 0.717) is 32.3 Å². The minimum absolute atomic E-state index is 0.0437. The molecule has 1 atom stereocenters. The van der Waals surface area contributed by atoms with Crippen molar-refractivity contribution in [2.24, 2.45) is 5.41 Å². The number of hydrogen-bond acceptors (Lipinski definition) is 4. The Hall–Kier alpha value is -1.06. The van der Waals surface area contributed by atoms with Crippen LogP contribution in [-0.4, -0.2) is 24.6 Å². The van der Waals surface area contributed by atoms with Gasteiger partial charge in [0.1, 0.15) is 6.10 Å². The fourth-order valence-corrected chi connectivity index (χ4v) is 1.58. The summed E-state index contributed by atoms with van der Waals surface area (Å²) in [6.07, 6.45) is 5.12. The number of ether oxygens (including phenoxy) is 2. The first-order chi connectivity index (χ1) is 9.77. The maximum atomic E-state index is 11.7. The molecule has 0 amide bonds. The summed E-state index contributed by atoms with van der Waals surface area (Å²) in [5.74, 6) is -0.351. The van der Waals surface area contributed by atoms with Crippen molar-refractivity contribution in [3.63, 3.8) is 0 Å². The lowest BCUT2D eigenvalue weighted by Crippen LogP contribution is -2.28. The number of carbonyl (C=O) groups excluding carboxylic acids is 2. The third-order valence-electron chi connectivity index (χ3n) is 3.55. The lowest BCUT2D eigenvalue weighted by atomic mass is 9.90. The number of hydrogen-bond donors (Lipinski definition) is 0. The van der Waals surface area contributed by atoms with Gasteiger partial charge in [-0.3, -0.25) is 9.59 Å².